The Labute approximate surface area is 256 Å². The monoisotopic (exact) mass is 661 g/mol. The average molecular weight is 662 g/mol. The van der Waals surface area contributed by atoms with Crippen molar-refractivity contribution in [3.05, 3.63) is 81.1 Å². The number of halogens is 9. The number of nitrogens with one attached hydrogen (secondary N) is 2. The molecule has 0 aliphatic carbocycles. The summed E-state index contributed by atoms with van der Waals surface area (Å²) in [7, 11) is 1.57. The highest BCUT2D eigenvalue weighted by molar-refractivity contribution is 6.34. The summed E-state index contributed by atoms with van der Waals surface area (Å²) in [5.41, 5.74) is -0.126. The van der Waals surface area contributed by atoms with Gasteiger partial charge in [-0.1, -0.05) is 35.3 Å². The van der Waals surface area contributed by atoms with Crippen LogP contribution in [-0.2, 0) is 19.8 Å². The van der Waals surface area contributed by atoms with Crippen LogP contribution in [0.1, 0.15) is 34.3 Å². The van der Waals surface area contributed by atoms with Crippen LogP contribution in [0.5, 0.6) is 0 Å². The Balaban J connectivity index is 1.40. The Hall–Kier alpha value is -3.71. The predicted octanol–water partition coefficient (Wildman–Crippen LogP) is 8.49. The lowest BCUT2D eigenvalue weighted by molar-refractivity contribution is -0.179. The summed E-state index contributed by atoms with van der Waals surface area (Å²) in [4.78, 5) is 18.7. The number of alkyl halides is 6. The Morgan fingerprint density at radius 3 is 2.34 bits per heavy atom. The van der Waals surface area contributed by atoms with Crippen LogP contribution in [0.25, 0.3) is 11.0 Å². The molecule has 1 aliphatic rings. The third-order valence-corrected chi connectivity index (χ3v) is 8.14. The first-order valence-corrected chi connectivity index (χ1v) is 14.1. The Morgan fingerprint density at radius 1 is 1.00 bits per heavy atom. The third kappa shape index (κ3) is 6.53. The first-order chi connectivity index (χ1) is 20.6. The molecule has 1 aromatic heterocycles. The van der Waals surface area contributed by atoms with Crippen LogP contribution in [0.2, 0.25) is 10.0 Å². The Bertz CT molecular complexity index is 1690. The standard InChI is InChI=1S/C29H24Cl2F7N5O/c1-42-24-13-23(43-9-7-16(8-10-43)28(33,34)35)19(31)12-22(24)41-27(42)40-21-11-15(5-6-17(21)29(36,37)38)14-39-26(44)25-18(30)3-2-4-20(25)32/h2-6,11-13,16H,7-10,14H2,1H3,(H,39,44)(H,40,41). The maximum Gasteiger partial charge on any atom is 0.418 e. The maximum absolute atomic E-state index is 14.1. The number of imidazole rings is 1. The van der Waals surface area contributed by atoms with Gasteiger partial charge in [0, 0.05) is 26.7 Å². The molecule has 15 heteroatoms. The highest BCUT2D eigenvalue weighted by Crippen LogP contribution is 2.40. The molecule has 1 aliphatic heterocycles. The van der Waals surface area contributed by atoms with E-state index in [-0.39, 0.29) is 65.3 Å². The van der Waals surface area contributed by atoms with Gasteiger partial charge in [0.1, 0.15) is 5.82 Å². The zero-order valence-corrected chi connectivity index (χ0v) is 24.4. The molecular weight excluding hydrogens is 638 g/mol. The fraction of sp³-hybridized carbons (Fsp3) is 0.310. The fourth-order valence-corrected chi connectivity index (χ4v) is 5.69. The summed E-state index contributed by atoms with van der Waals surface area (Å²) in [5.74, 6) is -3.04. The lowest BCUT2D eigenvalue weighted by atomic mass is 9.96. The lowest BCUT2D eigenvalue weighted by Crippen LogP contribution is -2.39. The van der Waals surface area contributed by atoms with E-state index in [9.17, 15) is 35.5 Å². The van der Waals surface area contributed by atoms with Gasteiger partial charge >= 0.3 is 12.4 Å². The van der Waals surface area contributed by atoms with Gasteiger partial charge in [-0.05, 0) is 54.8 Å². The average Bonchev–Trinajstić information content (AvgIpc) is 3.23. The summed E-state index contributed by atoms with van der Waals surface area (Å²) < 4.78 is 96.8. The number of hydrogen-bond donors (Lipinski definition) is 2. The second-order valence-electron chi connectivity index (χ2n) is 10.4. The zero-order valence-electron chi connectivity index (χ0n) is 22.9. The minimum Gasteiger partial charge on any atom is -0.370 e. The largest absolute Gasteiger partial charge is 0.418 e. The van der Waals surface area contributed by atoms with E-state index < -0.39 is 35.6 Å². The molecule has 2 heterocycles. The number of rotatable bonds is 6. The SMILES string of the molecule is Cn1c(Nc2cc(CNC(=O)c3c(F)cccc3Cl)ccc2C(F)(F)F)nc2cc(Cl)c(N3CCC(C(F)(F)F)CC3)cc21. The number of anilines is 3. The molecule has 1 saturated heterocycles. The van der Waals surface area contributed by atoms with E-state index in [2.05, 4.69) is 15.6 Å². The molecule has 1 fully saturated rings. The van der Waals surface area contributed by atoms with Crippen molar-refractivity contribution in [2.24, 2.45) is 13.0 Å². The summed E-state index contributed by atoms with van der Waals surface area (Å²) in [6, 6.07) is 10.1. The molecule has 0 spiro atoms. The van der Waals surface area contributed by atoms with Crippen molar-refractivity contribution in [3.8, 4) is 0 Å². The van der Waals surface area contributed by atoms with Gasteiger partial charge in [0.05, 0.1) is 49.5 Å². The normalized spacial score (nSPS) is 14.7. The van der Waals surface area contributed by atoms with Crippen LogP contribution in [0.4, 0.5) is 48.1 Å². The van der Waals surface area contributed by atoms with Gasteiger partial charge in [0.25, 0.3) is 5.91 Å². The first kappa shape index (κ1) is 31.7. The van der Waals surface area contributed by atoms with Crippen molar-refractivity contribution in [3.63, 3.8) is 0 Å². The van der Waals surface area contributed by atoms with E-state index in [4.69, 9.17) is 23.2 Å². The van der Waals surface area contributed by atoms with Gasteiger partial charge in [-0.15, -0.1) is 0 Å². The molecule has 4 aromatic rings. The Morgan fingerprint density at radius 2 is 1.70 bits per heavy atom. The molecule has 44 heavy (non-hydrogen) atoms. The molecule has 234 valence electrons. The smallest absolute Gasteiger partial charge is 0.370 e. The van der Waals surface area contributed by atoms with Crippen molar-refractivity contribution in [2.75, 3.05) is 23.3 Å². The fourth-order valence-electron chi connectivity index (χ4n) is 5.16. The van der Waals surface area contributed by atoms with Crippen LogP contribution in [0, 0.1) is 11.7 Å². The number of carbonyl (C=O) groups is 1. The van der Waals surface area contributed by atoms with Gasteiger partial charge < -0.3 is 20.1 Å². The van der Waals surface area contributed by atoms with Crippen molar-refractivity contribution in [1.29, 1.82) is 0 Å². The van der Waals surface area contributed by atoms with Gasteiger partial charge in [-0.3, -0.25) is 4.79 Å². The second-order valence-corrected chi connectivity index (χ2v) is 11.2. The number of benzene rings is 3. The quantitative estimate of drug-likeness (QED) is 0.204. The van der Waals surface area contributed by atoms with E-state index in [1.165, 1.54) is 34.9 Å². The van der Waals surface area contributed by atoms with Gasteiger partial charge in [-0.25, -0.2) is 9.37 Å². The van der Waals surface area contributed by atoms with Crippen LogP contribution >= 0.6 is 23.2 Å². The molecular formula is C29H24Cl2F7N5O. The lowest BCUT2D eigenvalue weighted by Gasteiger charge is -2.34. The molecule has 5 rings (SSSR count). The van der Waals surface area contributed by atoms with Gasteiger partial charge in [0.15, 0.2) is 0 Å². The number of nitrogens with zero attached hydrogens (tertiary/aromatic N) is 3. The number of piperidine rings is 1. The summed E-state index contributed by atoms with van der Waals surface area (Å²) in [6.45, 7) is 0.0440. The van der Waals surface area contributed by atoms with Crippen molar-refractivity contribution in [2.45, 2.75) is 31.7 Å². The van der Waals surface area contributed by atoms with Crippen LogP contribution in [0.3, 0.4) is 0 Å². The first-order valence-electron chi connectivity index (χ1n) is 13.3. The van der Waals surface area contributed by atoms with E-state index in [1.54, 1.807) is 18.0 Å². The topological polar surface area (TPSA) is 62.2 Å². The molecule has 3 aromatic carbocycles. The van der Waals surface area contributed by atoms with Crippen molar-refractivity contribution >= 4 is 57.5 Å². The molecule has 2 N–H and O–H groups in total. The summed E-state index contributed by atoms with van der Waals surface area (Å²) >= 11 is 12.4. The number of aryl methyl sites for hydroxylation is 1. The van der Waals surface area contributed by atoms with E-state index in [0.717, 1.165) is 12.1 Å². The number of fused-ring (bicyclic) bond motifs is 1. The summed E-state index contributed by atoms with van der Waals surface area (Å²) in [6.07, 6.45) is -9.18. The highest BCUT2D eigenvalue weighted by atomic mass is 35.5. The predicted molar refractivity (Wildman–Crippen MR) is 154 cm³/mol. The maximum atomic E-state index is 14.1. The van der Waals surface area contributed by atoms with Crippen LogP contribution < -0.4 is 15.5 Å². The molecule has 0 atom stereocenters. The minimum absolute atomic E-state index is 0.0359. The van der Waals surface area contributed by atoms with E-state index >= 15 is 0 Å². The molecule has 0 radical (unpaired) electrons. The van der Waals surface area contributed by atoms with E-state index in [0.29, 0.717) is 16.7 Å². The van der Waals surface area contributed by atoms with Gasteiger partial charge in [-0.2, -0.15) is 26.3 Å². The third-order valence-electron chi connectivity index (χ3n) is 7.53. The minimum atomic E-state index is -4.74. The molecule has 0 bridgehead atoms. The zero-order chi connectivity index (χ0) is 32.0. The summed E-state index contributed by atoms with van der Waals surface area (Å²) in [5, 5.41) is 5.30. The van der Waals surface area contributed by atoms with E-state index in [1.807, 2.05) is 0 Å². The van der Waals surface area contributed by atoms with Gasteiger partial charge in [0.2, 0.25) is 5.95 Å². The number of hydrogen-bond acceptors (Lipinski definition) is 4. The molecule has 0 saturated carbocycles. The number of amides is 1. The number of aromatic nitrogens is 2. The molecule has 1 amide bonds. The molecule has 0 unspecified atom stereocenters. The second kappa shape index (κ2) is 12.0. The Kier molecular flexibility index (Phi) is 8.65. The highest BCUT2D eigenvalue weighted by Gasteiger charge is 2.41. The van der Waals surface area contributed by atoms with Crippen LogP contribution in [0.15, 0.2) is 48.5 Å². The van der Waals surface area contributed by atoms with Crippen molar-refractivity contribution in [1.82, 2.24) is 14.9 Å². The van der Waals surface area contributed by atoms with Crippen molar-refractivity contribution < 1.29 is 35.5 Å². The molecule has 6 nitrogen and oxygen atoms in total. The van der Waals surface area contributed by atoms with Crippen LogP contribution in [-0.4, -0.2) is 34.7 Å². The number of carbonyl (C=O) groups excluding carboxylic acids is 1.